The molecule has 1 aromatic rings. The summed E-state index contributed by atoms with van der Waals surface area (Å²) in [6.07, 6.45) is 3.54. The van der Waals surface area contributed by atoms with E-state index < -0.39 is 0 Å². The molecular weight excluding hydrogens is 182 g/mol. The Morgan fingerprint density at radius 1 is 1.33 bits per heavy atom. The minimum atomic E-state index is -0.317. The molecule has 0 bridgehead atoms. The zero-order valence-electron chi connectivity index (χ0n) is 9.46. The molecule has 0 amide bonds. The van der Waals surface area contributed by atoms with Crippen molar-refractivity contribution in [2.45, 2.75) is 44.4 Å². The maximum Gasteiger partial charge on any atom is 0.0791 e. The van der Waals surface area contributed by atoms with Crippen LogP contribution in [0.2, 0.25) is 0 Å². The molecule has 1 unspecified atom stereocenters. The third kappa shape index (κ3) is 1.90. The van der Waals surface area contributed by atoms with Crippen molar-refractivity contribution in [1.29, 1.82) is 5.26 Å². The lowest BCUT2D eigenvalue weighted by Crippen LogP contribution is -2.17. The second-order valence-corrected chi connectivity index (χ2v) is 4.69. The molecule has 1 heteroatoms. The molecule has 0 saturated heterocycles. The first-order valence-electron chi connectivity index (χ1n) is 5.71. The van der Waals surface area contributed by atoms with E-state index in [1.807, 2.05) is 6.92 Å². The van der Waals surface area contributed by atoms with Crippen molar-refractivity contribution < 1.29 is 0 Å². The Morgan fingerprint density at radius 2 is 1.93 bits per heavy atom. The molecule has 0 aromatic heterocycles. The molecule has 0 aliphatic heterocycles. The van der Waals surface area contributed by atoms with Crippen molar-refractivity contribution in [3.05, 3.63) is 35.4 Å². The fourth-order valence-corrected chi connectivity index (χ4v) is 1.89. The van der Waals surface area contributed by atoms with Gasteiger partial charge in [-0.15, -0.1) is 0 Å². The van der Waals surface area contributed by atoms with Gasteiger partial charge < -0.3 is 0 Å². The second-order valence-electron chi connectivity index (χ2n) is 4.69. The molecule has 1 aliphatic carbocycles. The average molecular weight is 199 g/mol. The minimum absolute atomic E-state index is 0.317. The number of rotatable bonds is 3. The standard InChI is InChI=1S/C14H17N/c1-3-14(2,10-15)13-8-6-12(7-9-13)11-4-5-11/h6-9,11H,3-5H2,1-2H3. The monoisotopic (exact) mass is 199 g/mol. The van der Waals surface area contributed by atoms with Crippen molar-refractivity contribution in [3.63, 3.8) is 0 Å². The molecule has 0 heterocycles. The van der Waals surface area contributed by atoms with Crippen LogP contribution in [0.15, 0.2) is 24.3 Å². The van der Waals surface area contributed by atoms with Gasteiger partial charge in [0.15, 0.2) is 0 Å². The summed E-state index contributed by atoms with van der Waals surface area (Å²) in [4.78, 5) is 0. The van der Waals surface area contributed by atoms with Gasteiger partial charge in [0, 0.05) is 0 Å². The Labute approximate surface area is 91.7 Å². The van der Waals surface area contributed by atoms with E-state index in [2.05, 4.69) is 37.3 Å². The van der Waals surface area contributed by atoms with E-state index in [-0.39, 0.29) is 5.41 Å². The third-order valence-electron chi connectivity index (χ3n) is 3.55. The van der Waals surface area contributed by atoms with Gasteiger partial charge in [-0.25, -0.2) is 0 Å². The fourth-order valence-electron chi connectivity index (χ4n) is 1.89. The van der Waals surface area contributed by atoms with Gasteiger partial charge in [0.25, 0.3) is 0 Å². The summed E-state index contributed by atoms with van der Waals surface area (Å²) < 4.78 is 0. The van der Waals surface area contributed by atoms with Crippen molar-refractivity contribution in [1.82, 2.24) is 0 Å². The van der Waals surface area contributed by atoms with Crippen molar-refractivity contribution >= 4 is 0 Å². The summed E-state index contributed by atoms with van der Waals surface area (Å²) in [7, 11) is 0. The second kappa shape index (κ2) is 3.70. The fraction of sp³-hybridized carbons (Fsp3) is 0.500. The maximum atomic E-state index is 9.18. The first-order chi connectivity index (χ1) is 7.19. The summed E-state index contributed by atoms with van der Waals surface area (Å²) in [5.74, 6) is 0.800. The Hall–Kier alpha value is -1.29. The molecule has 1 aromatic carbocycles. The molecule has 0 spiro atoms. The predicted molar refractivity (Wildman–Crippen MR) is 61.7 cm³/mol. The zero-order valence-corrected chi connectivity index (χ0v) is 9.46. The maximum absolute atomic E-state index is 9.18. The summed E-state index contributed by atoms with van der Waals surface area (Å²) >= 11 is 0. The predicted octanol–water partition coefficient (Wildman–Crippen LogP) is 3.76. The Balaban J connectivity index is 2.26. The molecule has 1 nitrogen and oxygen atoms in total. The minimum Gasteiger partial charge on any atom is -0.197 e. The van der Waals surface area contributed by atoms with Crippen LogP contribution >= 0.6 is 0 Å². The van der Waals surface area contributed by atoms with Gasteiger partial charge in [-0.3, -0.25) is 0 Å². The lowest BCUT2D eigenvalue weighted by molar-refractivity contribution is 0.587. The Kier molecular flexibility index (Phi) is 2.52. The lowest BCUT2D eigenvalue weighted by atomic mass is 9.81. The molecular formula is C14H17N. The van der Waals surface area contributed by atoms with E-state index >= 15 is 0 Å². The van der Waals surface area contributed by atoms with Crippen LogP contribution in [0.1, 0.15) is 50.2 Å². The summed E-state index contributed by atoms with van der Waals surface area (Å²) in [5, 5.41) is 9.18. The van der Waals surface area contributed by atoms with Crippen LogP contribution in [-0.2, 0) is 5.41 Å². The number of hydrogen-bond donors (Lipinski definition) is 0. The SMILES string of the molecule is CCC(C)(C#N)c1ccc(C2CC2)cc1. The molecule has 1 aliphatic rings. The van der Waals surface area contributed by atoms with Crippen LogP contribution in [0.25, 0.3) is 0 Å². The molecule has 15 heavy (non-hydrogen) atoms. The molecule has 78 valence electrons. The van der Waals surface area contributed by atoms with Crippen LogP contribution in [0, 0.1) is 11.3 Å². The number of nitrogens with zero attached hydrogens (tertiary/aromatic N) is 1. The summed E-state index contributed by atoms with van der Waals surface area (Å²) in [6.45, 7) is 4.08. The quantitative estimate of drug-likeness (QED) is 0.727. The smallest absolute Gasteiger partial charge is 0.0791 e. The van der Waals surface area contributed by atoms with Crippen molar-refractivity contribution in [3.8, 4) is 6.07 Å². The van der Waals surface area contributed by atoms with Crippen LogP contribution in [0.4, 0.5) is 0 Å². The van der Waals surface area contributed by atoms with E-state index in [1.165, 1.54) is 18.4 Å². The van der Waals surface area contributed by atoms with Gasteiger partial charge in [0.2, 0.25) is 0 Å². The van der Waals surface area contributed by atoms with E-state index in [0.29, 0.717) is 0 Å². The van der Waals surface area contributed by atoms with Gasteiger partial charge in [-0.05, 0) is 43.2 Å². The summed E-state index contributed by atoms with van der Waals surface area (Å²) in [6, 6.07) is 11.0. The highest BCUT2D eigenvalue weighted by atomic mass is 14.4. The highest BCUT2D eigenvalue weighted by Crippen LogP contribution is 2.40. The highest BCUT2D eigenvalue weighted by Gasteiger charge is 2.26. The largest absolute Gasteiger partial charge is 0.197 e. The zero-order chi connectivity index (χ0) is 10.9. The van der Waals surface area contributed by atoms with E-state index in [1.54, 1.807) is 0 Å². The Bertz CT molecular complexity index is 381. The summed E-state index contributed by atoms with van der Waals surface area (Å²) in [5.41, 5.74) is 2.27. The first kappa shape index (κ1) is 10.2. The third-order valence-corrected chi connectivity index (χ3v) is 3.55. The number of benzene rings is 1. The molecule has 2 rings (SSSR count). The van der Waals surface area contributed by atoms with Gasteiger partial charge >= 0.3 is 0 Å². The van der Waals surface area contributed by atoms with Crippen LogP contribution < -0.4 is 0 Å². The average Bonchev–Trinajstić information content (AvgIpc) is 3.12. The van der Waals surface area contributed by atoms with Gasteiger partial charge in [0.1, 0.15) is 0 Å². The molecule has 0 radical (unpaired) electrons. The molecule has 1 saturated carbocycles. The Morgan fingerprint density at radius 3 is 2.33 bits per heavy atom. The van der Waals surface area contributed by atoms with E-state index in [9.17, 15) is 5.26 Å². The van der Waals surface area contributed by atoms with Gasteiger partial charge in [0.05, 0.1) is 11.5 Å². The topological polar surface area (TPSA) is 23.8 Å². The first-order valence-corrected chi connectivity index (χ1v) is 5.71. The van der Waals surface area contributed by atoms with Gasteiger partial charge in [-0.2, -0.15) is 5.26 Å². The van der Waals surface area contributed by atoms with Crippen molar-refractivity contribution in [2.75, 3.05) is 0 Å². The normalized spacial score (nSPS) is 19.3. The lowest BCUT2D eigenvalue weighted by Gasteiger charge is -2.20. The molecule has 0 N–H and O–H groups in total. The van der Waals surface area contributed by atoms with Crippen LogP contribution in [0.5, 0.6) is 0 Å². The number of nitriles is 1. The number of hydrogen-bond acceptors (Lipinski definition) is 1. The van der Waals surface area contributed by atoms with Crippen LogP contribution in [0.3, 0.4) is 0 Å². The highest BCUT2D eigenvalue weighted by molar-refractivity contribution is 5.35. The van der Waals surface area contributed by atoms with Gasteiger partial charge in [-0.1, -0.05) is 31.2 Å². The molecule has 1 atom stereocenters. The molecule has 1 fully saturated rings. The van der Waals surface area contributed by atoms with E-state index in [0.717, 1.165) is 17.9 Å². The van der Waals surface area contributed by atoms with E-state index in [4.69, 9.17) is 0 Å². The van der Waals surface area contributed by atoms with Crippen molar-refractivity contribution in [2.24, 2.45) is 0 Å². The van der Waals surface area contributed by atoms with Crippen LogP contribution in [-0.4, -0.2) is 0 Å².